The van der Waals surface area contributed by atoms with Crippen molar-refractivity contribution < 1.29 is 18.9 Å². The van der Waals surface area contributed by atoms with Gasteiger partial charge in [0, 0.05) is 19.6 Å². The summed E-state index contributed by atoms with van der Waals surface area (Å²) in [6.07, 6.45) is 3.92. The van der Waals surface area contributed by atoms with Crippen LogP contribution in [0, 0.1) is 0 Å². The lowest BCUT2D eigenvalue weighted by molar-refractivity contribution is 0.219. The van der Waals surface area contributed by atoms with Crippen molar-refractivity contribution in [1.29, 1.82) is 0 Å². The lowest BCUT2D eigenvalue weighted by atomic mass is 9.98. The number of halogens is 1. The van der Waals surface area contributed by atoms with Gasteiger partial charge in [-0.2, -0.15) is 0 Å². The predicted molar refractivity (Wildman–Crippen MR) is 143 cm³/mol. The number of para-hydroxylation sites is 1. The Kier molecular flexibility index (Phi) is 10.1. The molecule has 4 rings (SSSR count). The highest BCUT2D eigenvalue weighted by Gasteiger charge is 2.19. The summed E-state index contributed by atoms with van der Waals surface area (Å²) < 4.78 is 22.5. The number of nitrogens with zero attached hydrogens (tertiary/aromatic N) is 1. The summed E-state index contributed by atoms with van der Waals surface area (Å²) in [5, 5.41) is 0. The van der Waals surface area contributed by atoms with E-state index in [1.165, 1.54) is 22.3 Å². The summed E-state index contributed by atoms with van der Waals surface area (Å²) in [6.45, 7) is 3.72. The molecule has 0 aromatic heterocycles. The van der Waals surface area contributed by atoms with Crippen LogP contribution in [0.15, 0.2) is 60.7 Å². The predicted octanol–water partition coefficient (Wildman–Crippen LogP) is 5.75. The summed E-state index contributed by atoms with van der Waals surface area (Å²) in [5.74, 6) is 3.51. The normalized spacial score (nSPS) is 12.9. The zero-order chi connectivity index (χ0) is 23.8. The molecular formula is C29H36ClNO4. The van der Waals surface area contributed by atoms with Crippen LogP contribution in [0.5, 0.6) is 23.0 Å². The van der Waals surface area contributed by atoms with Gasteiger partial charge in [-0.05, 0) is 78.3 Å². The van der Waals surface area contributed by atoms with Crippen LogP contribution < -0.4 is 18.9 Å². The number of hydrogen-bond donors (Lipinski definition) is 0. The van der Waals surface area contributed by atoms with Gasteiger partial charge in [-0.25, -0.2) is 0 Å². The van der Waals surface area contributed by atoms with E-state index in [9.17, 15) is 0 Å². The first kappa shape index (κ1) is 26.7. The number of rotatable bonds is 11. The highest BCUT2D eigenvalue weighted by Crippen LogP contribution is 2.33. The molecule has 0 atom stereocenters. The first-order valence-corrected chi connectivity index (χ1v) is 12.0. The fourth-order valence-electron chi connectivity index (χ4n) is 4.56. The van der Waals surface area contributed by atoms with Crippen LogP contribution in [-0.4, -0.2) is 45.9 Å². The molecule has 0 fully saturated rings. The fourth-order valence-corrected chi connectivity index (χ4v) is 4.56. The first-order valence-electron chi connectivity index (χ1n) is 12.0. The van der Waals surface area contributed by atoms with Gasteiger partial charge in [0.2, 0.25) is 0 Å². The van der Waals surface area contributed by atoms with Gasteiger partial charge in [0.15, 0.2) is 11.5 Å². The van der Waals surface area contributed by atoms with E-state index >= 15 is 0 Å². The van der Waals surface area contributed by atoms with E-state index in [0.29, 0.717) is 6.61 Å². The minimum Gasteiger partial charge on any atom is -0.497 e. The topological polar surface area (TPSA) is 40.2 Å². The molecule has 1 aliphatic rings. The van der Waals surface area contributed by atoms with Crippen LogP contribution in [0.3, 0.4) is 0 Å². The molecular weight excluding hydrogens is 462 g/mol. The molecule has 1 heterocycles. The number of ether oxygens (including phenoxy) is 4. The van der Waals surface area contributed by atoms with E-state index in [1.807, 2.05) is 18.2 Å². The summed E-state index contributed by atoms with van der Waals surface area (Å²) in [6, 6.07) is 20.9. The number of hydrogen-bond acceptors (Lipinski definition) is 5. The van der Waals surface area contributed by atoms with Crippen LogP contribution in [0.2, 0.25) is 0 Å². The second kappa shape index (κ2) is 13.3. The van der Waals surface area contributed by atoms with Gasteiger partial charge in [0.1, 0.15) is 11.5 Å². The second-order valence-corrected chi connectivity index (χ2v) is 8.66. The van der Waals surface area contributed by atoms with Crippen molar-refractivity contribution in [2.75, 3.05) is 41.0 Å². The molecule has 0 bridgehead atoms. The molecule has 3 aromatic rings. The zero-order valence-electron chi connectivity index (χ0n) is 20.9. The standard InChI is InChI=1S/C29H35NO4.ClH/c1-31-26-10-6-8-22(18-26)12-13-23-9-4-5-11-27(23)34-17-7-15-30-16-14-24-19-28(32-2)29(33-3)20-25(24)21-30;/h4-6,8-11,18-20H,7,12-17,21H2,1-3H3;1H. The van der Waals surface area contributed by atoms with Gasteiger partial charge in [0.25, 0.3) is 0 Å². The van der Waals surface area contributed by atoms with Crippen molar-refractivity contribution in [3.8, 4) is 23.0 Å². The lowest BCUT2D eigenvalue weighted by Gasteiger charge is -2.29. The Hall–Kier alpha value is -2.89. The van der Waals surface area contributed by atoms with Crippen molar-refractivity contribution in [2.24, 2.45) is 0 Å². The maximum absolute atomic E-state index is 6.21. The molecule has 0 unspecified atom stereocenters. The molecule has 0 saturated carbocycles. The van der Waals surface area contributed by atoms with Crippen LogP contribution in [0.1, 0.15) is 28.7 Å². The molecule has 1 aliphatic heterocycles. The second-order valence-electron chi connectivity index (χ2n) is 8.66. The zero-order valence-corrected chi connectivity index (χ0v) is 21.7. The lowest BCUT2D eigenvalue weighted by Crippen LogP contribution is -2.32. The van der Waals surface area contributed by atoms with Gasteiger partial charge in [0.05, 0.1) is 27.9 Å². The quantitative estimate of drug-likeness (QED) is 0.316. The minimum atomic E-state index is 0. The van der Waals surface area contributed by atoms with Crippen LogP contribution in [-0.2, 0) is 25.8 Å². The Morgan fingerprint density at radius 3 is 2.31 bits per heavy atom. The van der Waals surface area contributed by atoms with Crippen molar-refractivity contribution in [1.82, 2.24) is 4.90 Å². The van der Waals surface area contributed by atoms with Crippen molar-refractivity contribution in [3.05, 3.63) is 82.9 Å². The Morgan fingerprint density at radius 2 is 1.54 bits per heavy atom. The largest absolute Gasteiger partial charge is 0.497 e. The smallest absolute Gasteiger partial charge is 0.161 e. The third kappa shape index (κ3) is 7.06. The number of fused-ring (bicyclic) bond motifs is 1. The van der Waals surface area contributed by atoms with E-state index in [1.54, 1.807) is 21.3 Å². The molecule has 5 nitrogen and oxygen atoms in total. The number of methoxy groups -OCH3 is 3. The van der Waals surface area contributed by atoms with Gasteiger partial charge < -0.3 is 18.9 Å². The molecule has 0 amide bonds. The average molecular weight is 498 g/mol. The van der Waals surface area contributed by atoms with E-state index in [2.05, 4.69) is 47.4 Å². The van der Waals surface area contributed by atoms with Crippen molar-refractivity contribution >= 4 is 12.4 Å². The molecule has 35 heavy (non-hydrogen) atoms. The van der Waals surface area contributed by atoms with E-state index in [-0.39, 0.29) is 12.4 Å². The van der Waals surface area contributed by atoms with Gasteiger partial charge in [-0.1, -0.05) is 30.3 Å². The fraction of sp³-hybridized carbons (Fsp3) is 0.379. The number of benzene rings is 3. The van der Waals surface area contributed by atoms with Crippen molar-refractivity contribution in [2.45, 2.75) is 32.2 Å². The Morgan fingerprint density at radius 1 is 0.771 bits per heavy atom. The highest BCUT2D eigenvalue weighted by molar-refractivity contribution is 5.85. The number of aryl methyl sites for hydroxylation is 2. The van der Waals surface area contributed by atoms with Crippen LogP contribution in [0.4, 0.5) is 0 Å². The summed E-state index contributed by atoms with van der Waals surface area (Å²) in [7, 11) is 5.09. The van der Waals surface area contributed by atoms with E-state index in [0.717, 1.165) is 68.3 Å². The molecule has 0 radical (unpaired) electrons. The highest BCUT2D eigenvalue weighted by atomic mass is 35.5. The Labute approximate surface area is 215 Å². The summed E-state index contributed by atoms with van der Waals surface area (Å²) in [4.78, 5) is 2.49. The van der Waals surface area contributed by atoms with Gasteiger partial charge >= 0.3 is 0 Å². The maximum atomic E-state index is 6.21. The van der Waals surface area contributed by atoms with E-state index in [4.69, 9.17) is 18.9 Å². The first-order chi connectivity index (χ1) is 16.7. The third-order valence-corrected chi connectivity index (χ3v) is 6.46. The Bertz CT molecular complexity index is 1090. The van der Waals surface area contributed by atoms with Gasteiger partial charge in [-0.15, -0.1) is 12.4 Å². The van der Waals surface area contributed by atoms with Crippen LogP contribution >= 0.6 is 12.4 Å². The van der Waals surface area contributed by atoms with Gasteiger partial charge in [-0.3, -0.25) is 4.90 Å². The molecule has 3 aromatic carbocycles. The molecule has 0 aliphatic carbocycles. The molecule has 6 heteroatoms. The SMILES string of the molecule is COc1cccc(CCc2ccccc2OCCCN2CCc3cc(OC)c(OC)cc3C2)c1.Cl. The molecule has 0 saturated heterocycles. The molecule has 0 spiro atoms. The molecule has 0 N–H and O–H groups in total. The third-order valence-electron chi connectivity index (χ3n) is 6.46. The van der Waals surface area contributed by atoms with Crippen molar-refractivity contribution in [3.63, 3.8) is 0 Å². The molecule has 188 valence electrons. The Balaban J connectivity index is 0.00000342. The van der Waals surface area contributed by atoms with E-state index < -0.39 is 0 Å². The average Bonchev–Trinajstić information content (AvgIpc) is 2.89. The monoisotopic (exact) mass is 497 g/mol. The minimum absolute atomic E-state index is 0. The summed E-state index contributed by atoms with van der Waals surface area (Å²) >= 11 is 0. The summed E-state index contributed by atoms with van der Waals surface area (Å²) in [5.41, 5.74) is 5.20. The maximum Gasteiger partial charge on any atom is 0.161 e. The van der Waals surface area contributed by atoms with Crippen LogP contribution in [0.25, 0.3) is 0 Å².